The van der Waals surface area contributed by atoms with E-state index in [1.165, 1.54) is 10.7 Å². The van der Waals surface area contributed by atoms with Crippen LogP contribution in [0, 0.1) is 0 Å². The maximum Gasteiger partial charge on any atom is 0.243 e. The summed E-state index contributed by atoms with van der Waals surface area (Å²) in [7, 11) is -3.58. The first kappa shape index (κ1) is 22.7. The largest absolute Gasteiger partial charge is 0.379 e. The number of nitrogens with zero attached hydrogens (tertiary/aromatic N) is 2. The van der Waals surface area contributed by atoms with Gasteiger partial charge in [-0.15, -0.1) is 0 Å². The van der Waals surface area contributed by atoms with Crippen LogP contribution in [0.3, 0.4) is 0 Å². The molecule has 2 N–H and O–H groups in total. The van der Waals surface area contributed by atoms with Crippen molar-refractivity contribution in [2.75, 3.05) is 62.8 Å². The molecule has 0 saturated carbocycles. The van der Waals surface area contributed by atoms with Crippen LogP contribution in [0.15, 0.2) is 23.1 Å². The molecule has 3 aliphatic rings. The molecule has 0 spiro atoms. The Hall–Kier alpha value is -1.46. The molecule has 3 aliphatic heterocycles. The number of piperidine rings is 1. The normalized spacial score (nSPS) is 23.0. The molecular weight excluding hydrogens is 436 g/mol. The van der Waals surface area contributed by atoms with Crippen molar-refractivity contribution in [1.29, 1.82) is 0 Å². The number of sulfonamides is 1. The van der Waals surface area contributed by atoms with Crippen molar-refractivity contribution in [2.24, 2.45) is 0 Å². The van der Waals surface area contributed by atoms with Crippen LogP contribution in [0.2, 0.25) is 0 Å². The second-order valence-electron chi connectivity index (χ2n) is 8.21. The summed E-state index contributed by atoms with van der Waals surface area (Å²) in [6.07, 6.45) is 5.78. The fourth-order valence-electron chi connectivity index (χ4n) is 4.30. The van der Waals surface area contributed by atoms with Gasteiger partial charge in [0.1, 0.15) is 0 Å². The SMILES string of the molecule is O=S(=O)(c1ccc(N2CCCCC2)c(NC(=S)NCC2CCCO2)c1)N1CCOCC1. The minimum absolute atomic E-state index is 0.175. The topological polar surface area (TPSA) is 83.1 Å². The van der Waals surface area contributed by atoms with Gasteiger partial charge in [-0.25, -0.2) is 8.42 Å². The van der Waals surface area contributed by atoms with E-state index < -0.39 is 10.0 Å². The number of ether oxygens (including phenoxy) is 2. The van der Waals surface area contributed by atoms with E-state index in [4.69, 9.17) is 21.7 Å². The number of rotatable bonds is 6. The molecule has 3 heterocycles. The lowest BCUT2D eigenvalue weighted by atomic mass is 10.1. The van der Waals surface area contributed by atoms with Crippen LogP contribution in [-0.4, -0.2) is 76.5 Å². The number of anilines is 2. The molecular formula is C21H32N4O4S2. The molecule has 0 amide bonds. The van der Waals surface area contributed by atoms with Crippen molar-refractivity contribution >= 4 is 38.7 Å². The van der Waals surface area contributed by atoms with E-state index >= 15 is 0 Å². The van der Waals surface area contributed by atoms with E-state index in [1.807, 2.05) is 6.07 Å². The Morgan fingerprint density at radius 1 is 1.06 bits per heavy atom. The average Bonchev–Trinajstić information content (AvgIpc) is 3.33. The smallest absolute Gasteiger partial charge is 0.243 e. The maximum absolute atomic E-state index is 13.2. The molecule has 1 atom stereocenters. The number of morpholine rings is 1. The summed E-state index contributed by atoms with van der Waals surface area (Å²) in [6, 6.07) is 5.33. The summed E-state index contributed by atoms with van der Waals surface area (Å²) in [5.41, 5.74) is 1.71. The van der Waals surface area contributed by atoms with Crippen LogP contribution in [0.5, 0.6) is 0 Å². The molecule has 1 aromatic carbocycles. The molecule has 172 valence electrons. The van der Waals surface area contributed by atoms with Crippen molar-refractivity contribution in [1.82, 2.24) is 9.62 Å². The molecule has 1 aromatic rings. The van der Waals surface area contributed by atoms with Gasteiger partial charge in [0.15, 0.2) is 5.11 Å². The second kappa shape index (κ2) is 10.4. The minimum atomic E-state index is -3.58. The Morgan fingerprint density at radius 2 is 1.84 bits per heavy atom. The number of thiocarbonyl (C=S) groups is 1. The Bertz CT molecular complexity index is 862. The van der Waals surface area contributed by atoms with Crippen LogP contribution in [-0.2, 0) is 19.5 Å². The highest BCUT2D eigenvalue weighted by Crippen LogP contribution is 2.32. The van der Waals surface area contributed by atoms with Gasteiger partial charge in [0.05, 0.1) is 35.6 Å². The Morgan fingerprint density at radius 3 is 2.55 bits per heavy atom. The summed E-state index contributed by atoms with van der Waals surface area (Å²) in [4.78, 5) is 2.58. The van der Waals surface area contributed by atoms with E-state index in [1.54, 1.807) is 12.1 Å². The molecule has 0 aliphatic carbocycles. The third-order valence-corrected chi connectivity index (χ3v) is 8.18. The van der Waals surface area contributed by atoms with E-state index in [0.717, 1.165) is 56.8 Å². The summed E-state index contributed by atoms with van der Waals surface area (Å²) in [5.74, 6) is 0. The number of benzene rings is 1. The predicted octanol–water partition coefficient (Wildman–Crippen LogP) is 2.16. The molecule has 10 heteroatoms. The van der Waals surface area contributed by atoms with Gasteiger partial charge in [0, 0.05) is 39.3 Å². The van der Waals surface area contributed by atoms with E-state index in [9.17, 15) is 8.42 Å². The molecule has 0 aromatic heterocycles. The Balaban J connectivity index is 1.54. The minimum Gasteiger partial charge on any atom is -0.379 e. The zero-order chi connectivity index (χ0) is 21.7. The zero-order valence-corrected chi connectivity index (χ0v) is 19.5. The third kappa shape index (κ3) is 5.67. The third-order valence-electron chi connectivity index (χ3n) is 6.04. The number of nitrogens with one attached hydrogen (secondary N) is 2. The monoisotopic (exact) mass is 468 g/mol. The van der Waals surface area contributed by atoms with Crippen LogP contribution in [0.1, 0.15) is 32.1 Å². The molecule has 4 rings (SSSR count). The predicted molar refractivity (Wildman–Crippen MR) is 125 cm³/mol. The number of hydrogen-bond acceptors (Lipinski definition) is 6. The number of hydrogen-bond donors (Lipinski definition) is 2. The van der Waals surface area contributed by atoms with E-state index in [-0.39, 0.29) is 11.0 Å². The maximum atomic E-state index is 13.2. The average molecular weight is 469 g/mol. The highest BCUT2D eigenvalue weighted by atomic mass is 32.2. The lowest BCUT2D eigenvalue weighted by Gasteiger charge is -2.31. The lowest BCUT2D eigenvalue weighted by Crippen LogP contribution is -2.40. The summed E-state index contributed by atoms with van der Waals surface area (Å²) < 4.78 is 38.8. The fourth-order valence-corrected chi connectivity index (χ4v) is 5.93. The quantitative estimate of drug-likeness (QED) is 0.615. The lowest BCUT2D eigenvalue weighted by molar-refractivity contribution is 0.0730. The first-order valence-electron chi connectivity index (χ1n) is 11.2. The molecule has 31 heavy (non-hydrogen) atoms. The van der Waals surface area contributed by atoms with Crippen LogP contribution >= 0.6 is 12.2 Å². The van der Waals surface area contributed by atoms with E-state index in [2.05, 4.69) is 15.5 Å². The van der Waals surface area contributed by atoms with Crippen molar-refractivity contribution in [3.8, 4) is 0 Å². The highest BCUT2D eigenvalue weighted by molar-refractivity contribution is 7.89. The highest BCUT2D eigenvalue weighted by Gasteiger charge is 2.28. The Labute approximate surface area is 190 Å². The van der Waals surface area contributed by atoms with Gasteiger partial charge in [-0.05, 0) is 62.5 Å². The first-order chi connectivity index (χ1) is 15.0. The van der Waals surface area contributed by atoms with Gasteiger partial charge in [-0.3, -0.25) is 0 Å². The summed E-state index contributed by atoms with van der Waals surface area (Å²) in [5, 5.41) is 6.97. The van der Waals surface area contributed by atoms with Gasteiger partial charge < -0.3 is 25.0 Å². The van der Waals surface area contributed by atoms with Gasteiger partial charge >= 0.3 is 0 Å². The van der Waals surface area contributed by atoms with Gasteiger partial charge in [0.25, 0.3) is 0 Å². The molecule has 8 nitrogen and oxygen atoms in total. The standard InChI is InChI=1S/C21H32N4O4S2/c26-31(27,25-10-13-28-14-11-25)18-6-7-20(24-8-2-1-3-9-24)19(15-18)23-21(30)22-16-17-5-4-12-29-17/h6-7,15,17H,1-5,8-14,16H2,(H2,22,23,30). The first-order valence-corrected chi connectivity index (χ1v) is 13.0. The molecule has 1 unspecified atom stereocenters. The summed E-state index contributed by atoms with van der Waals surface area (Å²) in [6.45, 7) is 4.96. The van der Waals surface area contributed by atoms with Crippen molar-refractivity contribution in [2.45, 2.75) is 43.1 Å². The van der Waals surface area contributed by atoms with Crippen LogP contribution in [0.25, 0.3) is 0 Å². The molecule has 3 fully saturated rings. The molecule has 0 bridgehead atoms. The van der Waals surface area contributed by atoms with Crippen LogP contribution < -0.4 is 15.5 Å². The van der Waals surface area contributed by atoms with Crippen LogP contribution in [0.4, 0.5) is 11.4 Å². The molecule has 0 radical (unpaired) electrons. The van der Waals surface area contributed by atoms with Gasteiger partial charge in [0.2, 0.25) is 10.0 Å². The van der Waals surface area contributed by atoms with Gasteiger partial charge in [-0.1, -0.05) is 0 Å². The summed E-state index contributed by atoms with van der Waals surface area (Å²) >= 11 is 5.52. The van der Waals surface area contributed by atoms with Crippen molar-refractivity contribution < 1.29 is 17.9 Å². The van der Waals surface area contributed by atoms with Crippen molar-refractivity contribution in [3.05, 3.63) is 18.2 Å². The Kier molecular flexibility index (Phi) is 7.65. The zero-order valence-electron chi connectivity index (χ0n) is 17.8. The van der Waals surface area contributed by atoms with Crippen molar-refractivity contribution in [3.63, 3.8) is 0 Å². The van der Waals surface area contributed by atoms with E-state index in [0.29, 0.717) is 38.0 Å². The molecule has 3 saturated heterocycles. The van der Waals surface area contributed by atoms with Gasteiger partial charge in [-0.2, -0.15) is 4.31 Å². The fraction of sp³-hybridized carbons (Fsp3) is 0.667. The second-order valence-corrected chi connectivity index (χ2v) is 10.6.